The molecule has 2 bridgehead atoms. The van der Waals surface area contributed by atoms with Crippen molar-refractivity contribution < 1.29 is 39.9 Å². The average Bonchev–Trinajstić information content (AvgIpc) is 3.22. The van der Waals surface area contributed by atoms with Gasteiger partial charge in [0, 0.05) is 34.8 Å². The number of phenolic OH excluding ortho intramolecular Hbond substituents is 4. The van der Waals surface area contributed by atoms with Gasteiger partial charge in [-0.15, -0.1) is 0 Å². The fourth-order valence-corrected chi connectivity index (χ4v) is 7.97. The zero-order valence-electron chi connectivity index (χ0n) is 24.2. The Labute approximate surface area is 247 Å². The third-order valence-corrected chi connectivity index (χ3v) is 9.99. The maximum atomic E-state index is 13.5. The average molecular weight is 588 g/mol. The zero-order valence-corrected chi connectivity index (χ0v) is 24.2. The summed E-state index contributed by atoms with van der Waals surface area (Å²) in [4.78, 5) is 31.8. The van der Waals surface area contributed by atoms with Crippen LogP contribution in [0.3, 0.4) is 0 Å². The maximum Gasteiger partial charge on any atom is 0.261 e. The number of hydrogen-bond acceptors (Lipinski definition) is 10. The van der Waals surface area contributed by atoms with Crippen molar-refractivity contribution in [1.29, 1.82) is 0 Å². The molecule has 43 heavy (non-hydrogen) atoms. The number of nitrogens with zero attached hydrogens (tertiary/aromatic N) is 3. The van der Waals surface area contributed by atoms with E-state index in [-0.39, 0.29) is 46.7 Å². The summed E-state index contributed by atoms with van der Waals surface area (Å²) in [7, 11) is 3.37. The highest BCUT2D eigenvalue weighted by Gasteiger charge is 2.56. The number of carbonyl (C=O) groups is 2. The lowest BCUT2D eigenvalue weighted by Crippen LogP contribution is -2.69. The number of piperazine rings is 1. The molecule has 3 aromatic rings. The van der Waals surface area contributed by atoms with Crippen LogP contribution < -0.4 is 4.74 Å². The third kappa shape index (κ3) is 3.52. The summed E-state index contributed by atoms with van der Waals surface area (Å²) >= 11 is 0. The van der Waals surface area contributed by atoms with Crippen molar-refractivity contribution in [2.45, 2.75) is 57.1 Å². The molecular weight excluding hydrogens is 554 g/mol. The van der Waals surface area contributed by atoms with Crippen molar-refractivity contribution in [3.05, 3.63) is 74.8 Å². The van der Waals surface area contributed by atoms with Gasteiger partial charge < -0.3 is 30.3 Å². The predicted molar refractivity (Wildman–Crippen MR) is 153 cm³/mol. The molecule has 1 saturated heterocycles. The topological polar surface area (TPSA) is 154 Å². The number of benzene rings is 3. The van der Waals surface area contributed by atoms with E-state index in [4.69, 9.17) is 4.74 Å². The van der Waals surface area contributed by atoms with E-state index in [0.717, 1.165) is 16.0 Å². The highest BCUT2D eigenvalue weighted by Crippen LogP contribution is 2.57. The molecule has 4 aliphatic rings. The minimum atomic E-state index is -1.12. The molecule has 5 N–H and O–H groups in total. The fraction of sp³-hybridized carbons (Fsp3) is 0.375. The van der Waals surface area contributed by atoms with Crippen LogP contribution in [0.4, 0.5) is 0 Å². The second kappa shape index (κ2) is 9.34. The molecule has 1 fully saturated rings. The van der Waals surface area contributed by atoms with Crippen LogP contribution in [-0.2, 0) is 12.8 Å². The second-order valence-corrected chi connectivity index (χ2v) is 12.0. The van der Waals surface area contributed by atoms with Crippen molar-refractivity contribution >= 4 is 11.8 Å². The first-order valence-corrected chi connectivity index (χ1v) is 14.3. The van der Waals surface area contributed by atoms with Gasteiger partial charge in [0.05, 0.1) is 36.4 Å². The van der Waals surface area contributed by atoms with Crippen LogP contribution in [0.2, 0.25) is 0 Å². The van der Waals surface area contributed by atoms with Crippen LogP contribution in [-0.4, -0.2) is 91.1 Å². The molecular formula is C32H33N3O8. The van der Waals surface area contributed by atoms with Crippen LogP contribution >= 0.6 is 0 Å². The van der Waals surface area contributed by atoms with Crippen LogP contribution in [0.5, 0.6) is 28.7 Å². The molecule has 0 aliphatic carbocycles. The number of aliphatic hydroxyl groups excluding tert-OH is 1. The van der Waals surface area contributed by atoms with E-state index >= 15 is 0 Å². The number of aliphatic hydroxyl groups is 1. The number of aromatic hydroxyl groups is 4. The van der Waals surface area contributed by atoms with Gasteiger partial charge in [-0.3, -0.25) is 24.3 Å². The Morgan fingerprint density at radius 3 is 2.16 bits per heavy atom. The number of carbonyl (C=O) groups excluding carboxylic acids is 2. The molecule has 11 nitrogen and oxygen atoms in total. The number of fused-ring (bicyclic) bond motifs is 8. The summed E-state index contributed by atoms with van der Waals surface area (Å²) in [6, 6.07) is 5.98. The lowest BCUT2D eigenvalue weighted by Gasteiger charge is -2.60. The van der Waals surface area contributed by atoms with E-state index < -0.39 is 53.7 Å². The number of methoxy groups -OCH3 is 1. The summed E-state index contributed by atoms with van der Waals surface area (Å²) < 4.78 is 5.54. The minimum absolute atomic E-state index is 0.000732. The van der Waals surface area contributed by atoms with Gasteiger partial charge in [-0.25, -0.2) is 0 Å². The normalized spacial score (nSPS) is 26.2. The van der Waals surface area contributed by atoms with Crippen LogP contribution in [0.25, 0.3) is 0 Å². The van der Waals surface area contributed by atoms with E-state index in [9.17, 15) is 35.1 Å². The van der Waals surface area contributed by atoms with E-state index in [1.165, 1.54) is 14.0 Å². The Bertz CT molecular complexity index is 1700. The fourth-order valence-electron chi connectivity index (χ4n) is 7.97. The molecule has 4 aliphatic heterocycles. The molecule has 0 unspecified atom stereocenters. The summed E-state index contributed by atoms with van der Waals surface area (Å²) in [6.07, 6.45) is -0.585. The number of aryl methyl sites for hydroxylation is 1. The van der Waals surface area contributed by atoms with Gasteiger partial charge >= 0.3 is 0 Å². The summed E-state index contributed by atoms with van der Waals surface area (Å²) in [6.45, 7) is 3.09. The first kappa shape index (κ1) is 27.5. The van der Waals surface area contributed by atoms with Crippen LogP contribution in [0.1, 0.15) is 66.2 Å². The minimum Gasteiger partial charge on any atom is -0.507 e. The number of amides is 2. The van der Waals surface area contributed by atoms with Gasteiger partial charge in [0.1, 0.15) is 12.0 Å². The molecule has 0 saturated carbocycles. The van der Waals surface area contributed by atoms with Gasteiger partial charge in [0.15, 0.2) is 23.0 Å². The first-order chi connectivity index (χ1) is 20.5. The summed E-state index contributed by atoms with van der Waals surface area (Å²) in [5.41, 5.74) is 3.40. The molecule has 5 atom stereocenters. The SMILES string of the molecule is COc1c(C)cc2c(c1O)[C@@H]1[C@@H]3Cc4c(O)c(C)c(O)c(O)c4[C@H](CN4C(=O)c5ccccc5C4=O)N3[C@@H](O)[C@H](C2)N1C. The molecule has 2 amide bonds. The molecule has 3 aromatic carbocycles. The Kier molecular flexibility index (Phi) is 5.97. The predicted octanol–water partition coefficient (Wildman–Crippen LogP) is 2.63. The zero-order chi connectivity index (χ0) is 30.6. The molecule has 0 radical (unpaired) electrons. The molecule has 224 valence electrons. The van der Waals surface area contributed by atoms with Crippen molar-refractivity contribution in [3.63, 3.8) is 0 Å². The number of likely N-dealkylation sites (N-methyl/N-ethyl adjacent to an activating group) is 1. The van der Waals surface area contributed by atoms with E-state index in [0.29, 0.717) is 23.3 Å². The highest BCUT2D eigenvalue weighted by atomic mass is 16.5. The monoisotopic (exact) mass is 587 g/mol. The first-order valence-electron chi connectivity index (χ1n) is 14.3. The number of phenols is 4. The van der Waals surface area contributed by atoms with Gasteiger partial charge in [0.2, 0.25) is 0 Å². The highest BCUT2D eigenvalue weighted by molar-refractivity contribution is 6.21. The van der Waals surface area contributed by atoms with E-state index in [1.807, 2.05) is 24.9 Å². The molecule has 0 aromatic heterocycles. The number of imide groups is 1. The second-order valence-electron chi connectivity index (χ2n) is 12.0. The van der Waals surface area contributed by atoms with E-state index in [2.05, 4.69) is 0 Å². The number of hydrogen-bond donors (Lipinski definition) is 5. The summed E-state index contributed by atoms with van der Waals surface area (Å²) in [5, 5.41) is 56.9. The Morgan fingerprint density at radius 2 is 1.53 bits per heavy atom. The van der Waals surface area contributed by atoms with Crippen molar-refractivity contribution in [2.24, 2.45) is 0 Å². The molecule has 7 rings (SSSR count). The van der Waals surface area contributed by atoms with Gasteiger partial charge in [-0.2, -0.15) is 0 Å². The van der Waals surface area contributed by atoms with Gasteiger partial charge in [-0.05, 0) is 57.0 Å². The van der Waals surface area contributed by atoms with Gasteiger partial charge in [-0.1, -0.05) is 18.2 Å². The van der Waals surface area contributed by atoms with Crippen LogP contribution in [0, 0.1) is 13.8 Å². The largest absolute Gasteiger partial charge is 0.507 e. The van der Waals surface area contributed by atoms with Crippen molar-refractivity contribution in [1.82, 2.24) is 14.7 Å². The third-order valence-electron chi connectivity index (χ3n) is 9.99. The quantitative estimate of drug-likeness (QED) is 0.176. The number of ether oxygens (including phenoxy) is 1. The summed E-state index contributed by atoms with van der Waals surface area (Å²) in [5.74, 6) is -1.84. The molecule has 0 spiro atoms. The lowest BCUT2D eigenvalue weighted by atomic mass is 9.73. The standard InChI is InChI=1S/C32H33N3O8/c1-13-9-15-10-20-32(42)35-19(24(33(20)3)22(15)28(39)29(13)43-4)11-18-23(27(38)26(37)14(2)25(18)36)21(35)12-34-30(40)16-7-5-6-8-17(16)31(34)41/h5-9,19-21,24,32,36-39,42H,10-12H2,1-4H3/t19-,20-,21-,24-,32-/m0/s1. The number of rotatable bonds is 3. The molecule has 11 heteroatoms. The smallest absolute Gasteiger partial charge is 0.261 e. The maximum absolute atomic E-state index is 13.5. The van der Waals surface area contributed by atoms with Crippen molar-refractivity contribution in [2.75, 3.05) is 20.7 Å². The van der Waals surface area contributed by atoms with E-state index in [1.54, 1.807) is 29.2 Å². The van der Waals surface area contributed by atoms with Gasteiger partial charge in [0.25, 0.3) is 11.8 Å². The molecule has 4 heterocycles. The van der Waals surface area contributed by atoms with Crippen molar-refractivity contribution in [3.8, 4) is 28.7 Å². The van der Waals surface area contributed by atoms with Crippen LogP contribution in [0.15, 0.2) is 30.3 Å². The Balaban J connectivity index is 1.43. The Hall–Kier alpha value is -4.32. The Morgan fingerprint density at radius 1 is 0.884 bits per heavy atom. The lowest BCUT2D eigenvalue weighted by molar-refractivity contribution is -0.173.